The van der Waals surface area contributed by atoms with Gasteiger partial charge in [-0.1, -0.05) is 43.3 Å². The van der Waals surface area contributed by atoms with Crippen LogP contribution >= 0.6 is 0 Å². The molecule has 1 aliphatic rings. The minimum atomic E-state index is -0.297. The largest absolute Gasteiger partial charge is 0.507 e. The van der Waals surface area contributed by atoms with Crippen molar-refractivity contribution in [1.29, 1.82) is 0 Å². The Kier molecular flexibility index (Phi) is 6.77. The molecule has 5 rings (SSSR count). The fourth-order valence-corrected chi connectivity index (χ4v) is 4.33. The zero-order valence-corrected chi connectivity index (χ0v) is 21.0. The lowest BCUT2D eigenvalue weighted by Gasteiger charge is -2.10. The molecule has 7 heteroatoms. The fourth-order valence-electron chi connectivity index (χ4n) is 4.33. The molecule has 7 nitrogen and oxygen atoms in total. The number of carbonyl (C=O) groups excluding carboxylic acids is 2. The monoisotopic (exact) mass is 494 g/mol. The molecular weight excluding hydrogens is 464 g/mol. The van der Waals surface area contributed by atoms with Crippen LogP contribution in [0.3, 0.4) is 0 Å². The Morgan fingerprint density at radius 3 is 2.46 bits per heavy atom. The fraction of sp³-hybridized carbons (Fsp3) is 0.233. The molecule has 0 bridgehead atoms. The second-order valence-corrected chi connectivity index (χ2v) is 9.46. The van der Waals surface area contributed by atoms with Gasteiger partial charge in [-0.25, -0.2) is 4.79 Å². The van der Waals surface area contributed by atoms with E-state index in [0.29, 0.717) is 29.1 Å². The number of benzene rings is 3. The van der Waals surface area contributed by atoms with Crippen molar-refractivity contribution in [1.82, 2.24) is 15.1 Å². The van der Waals surface area contributed by atoms with Crippen LogP contribution in [-0.4, -0.2) is 26.8 Å². The third-order valence-corrected chi connectivity index (χ3v) is 6.77. The number of hydrogen-bond donors (Lipinski definition) is 3. The van der Waals surface area contributed by atoms with E-state index in [1.54, 1.807) is 24.3 Å². The summed E-state index contributed by atoms with van der Waals surface area (Å²) in [5.74, 6) is 0.0112. The number of aromatic nitrogens is 2. The van der Waals surface area contributed by atoms with Gasteiger partial charge in [0.1, 0.15) is 5.75 Å². The van der Waals surface area contributed by atoms with Gasteiger partial charge < -0.3 is 15.7 Å². The molecule has 0 saturated heterocycles. The summed E-state index contributed by atoms with van der Waals surface area (Å²) in [5, 5.41) is 21.1. The molecule has 3 aromatic carbocycles. The van der Waals surface area contributed by atoms with E-state index in [1.165, 1.54) is 10.7 Å². The Hall–Kier alpha value is -4.39. The molecule has 1 heterocycles. The number of phenols is 1. The van der Waals surface area contributed by atoms with Crippen molar-refractivity contribution in [3.8, 4) is 17.0 Å². The van der Waals surface area contributed by atoms with Crippen molar-refractivity contribution in [2.45, 2.75) is 45.6 Å². The molecule has 3 N–H and O–H groups in total. The first kappa shape index (κ1) is 24.3. The molecule has 37 heavy (non-hydrogen) atoms. The van der Waals surface area contributed by atoms with Crippen LogP contribution in [0.5, 0.6) is 5.75 Å². The van der Waals surface area contributed by atoms with Gasteiger partial charge >= 0.3 is 6.03 Å². The maximum atomic E-state index is 13.0. The Morgan fingerprint density at radius 2 is 1.78 bits per heavy atom. The van der Waals surface area contributed by atoms with Gasteiger partial charge in [0.05, 0.1) is 11.4 Å². The molecule has 1 saturated carbocycles. The predicted octanol–water partition coefficient (Wildman–Crippen LogP) is 6.01. The number of nitrogens with zero attached hydrogens (tertiary/aromatic N) is 2. The van der Waals surface area contributed by atoms with Crippen molar-refractivity contribution < 1.29 is 14.7 Å². The van der Waals surface area contributed by atoms with Crippen LogP contribution in [0, 0.1) is 6.92 Å². The summed E-state index contributed by atoms with van der Waals surface area (Å²) in [6.45, 7) is 4.49. The Bertz CT molecular complexity index is 1450. The summed E-state index contributed by atoms with van der Waals surface area (Å²) in [6, 6.07) is 21.9. The highest BCUT2D eigenvalue weighted by Crippen LogP contribution is 2.42. The van der Waals surface area contributed by atoms with E-state index in [-0.39, 0.29) is 23.6 Å². The number of phenolic OH excluding ortho intramolecular Hbond substituents is 1. The van der Waals surface area contributed by atoms with Crippen LogP contribution in [0.2, 0.25) is 0 Å². The lowest BCUT2D eigenvalue weighted by atomic mass is 10.1. The number of anilines is 1. The molecule has 1 aromatic heterocycles. The molecule has 0 atom stereocenters. The molecular formula is C30H30N4O3. The van der Waals surface area contributed by atoms with Gasteiger partial charge in [0.2, 0.25) is 0 Å². The minimum Gasteiger partial charge on any atom is -0.507 e. The summed E-state index contributed by atoms with van der Waals surface area (Å²) in [6.07, 6.45) is 2.92. The standard InChI is InChI=1S/C30H30N4O3/c1-3-20-8-10-22(11-9-20)29(36)32-24-14-15-25(28(35)16-24)26-17-27(21-12-13-21)34(33-26)30(37)31-18-23-7-5-4-6-19(23)2/h4-11,14-17,21,35H,3,12-13,18H2,1-2H3,(H,31,37)(H,32,36). The summed E-state index contributed by atoms with van der Waals surface area (Å²) in [5.41, 5.74) is 6.19. The highest BCUT2D eigenvalue weighted by Gasteiger charge is 2.30. The average molecular weight is 495 g/mol. The zero-order chi connectivity index (χ0) is 25.9. The van der Waals surface area contributed by atoms with Crippen LogP contribution in [0.1, 0.15) is 58.4 Å². The van der Waals surface area contributed by atoms with Gasteiger partial charge in [-0.2, -0.15) is 9.78 Å². The molecule has 0 unspecified atom stereocenters. The lowest BCUT2D eigenvalue weighted by Crippen LogP contribution is -2.30. The van der Waals surface area contributed by atoms with E-state index >= 15 is 0 Å². The topological polar surface area (TPSA) is 96.3 Å². The first-order valence-corrected chi connectivity index (χ1v) is 12.6. The van der Waals surface area contributed by atoms with Crippen molar-refractivity contribution in [3.05, 3.63) is 101 Å². The molecule has 0 radical (unpaired) electrons. The third kappa shape index (κ3) is 5.40. The Balaban J connectivity index is 1.33. The highest BCUT2D eigenvalue weighted by atomic mass is 16.3. The van der Waals surface area contributed by atoms with E-state index in [1.807, 2.05) is 49.4 Å². The predicted molar refractivity (Wildman–Crippen MR) is 144 cm³/mol. The normalized spacial score (nSPS) is 12.8. The van der Waals surface area contributed by atoms with E-state index in [0.717, 1.165) is 41.6 Å². The molecule has 4 aromatic rings. The second-order valence-electron chi connectivity index (χ2n) is 9.46. The molecule has 0 aliphatic heterocycles. The van der Waals surface area contributed by atoms with Crippen molar-refractivity contribution in [3.63, 3.8) is 0 Å². The highest BCUT2D eigenvalue weighted by molar-refractivity contribution is 6.04. The average Bonchev–Trinajstić information content (AvgIpc) is 3.66. The number of nitrogens with one attached hydrogen (secondary N) is 2. The number of aryl methyl sites for hydroxylation is 2. The van der Waals surface area contributed by atoms with E-state index in [2.05, 4.69) is 22.7 Å². The summed E-state index contributed by atoms with van der Waals surface area (Å²) in [7, 11) is 0. The second kappa shape index (κ2) is 10.3. The van der Waals surface area contributed by atoms with Crippen molar-refractivity contribution in [2.24, 2.45) is 0 Å². The van der Waals surface area contributed by atoms with Crippen LogP contribution in [0.25, 0.3) is 11.3 Å². The van der Waals surface area contributed by atoms with E-state index in [9.17, 15) is 14.7 Å². The number of aromatic hydroxyl groups is 1. The molecule has 1 fully saturated rings. The summed E-state index contributed by atoms with van der Waals surface area (Å²) in [4.78, 5) is 25.7. The zero-order valence-electron chi connectivity index (χ0n) is 21.0. The lowest BCUT2D eigenvalue weighted by molar-refractivity contribution is 0.102. The maximum absolute atomic E-state index is 13.0. The number of amides is 2. The van der Waals surface area contributed by atoms with Gasteiger partial charge in [0, 0.05) is 35.3 Å². The van der Waals surface area contributed by atoms with Crippen molar-refractivity contribution >= 4 is 17.6 Å². The minimum absolute atomic E-state index is 0.0218. The molecule has 2 amide bonds. The quantitative estimate of drug-likeness (QED) is 0.293. The van der Waals surface area contributed by atoms with Gasteiger partial charge in [-0.15, -0.1) is 0 Å². The van der Waals surface area contributed by atoms with E-state index in [4.69, 9.17) is 0 Å². The molecule has 1 aliphatic carbocycles. The smallest absolute Gasteiger partial charge is 0.342 e. The van der Waals surface area contributed by atoms with E-state index < -0.39 is 0 Å². The van der Waals surface area contributed by atoms with Gasteiger partial charge in [-0.05, 0) is 73.2 Å². The Morgan fingerprint density at radius 1 is 1.03 bits per heavy atom. The van der Waals surface area contributed by atoms with Crippen molar-refractivity contribution in [2.75, 3.05) is 5.32 Å². The third-order valence-electron chi connectivity index (χ3n) is 6.77. The first-order valence-electron chi connectivity index (χ1n) is 12.6. The maximum Gasteiger partial charge on any atom is 0.342 e. The van der Waals surface area contributed by atoms with Crippen LogP contribution in [0.4, 0.5) is 10.5 Å². The van der Waals surface area contributed by atoms with Crippen LogP contribution < -0.4 is 10.6 Å². The number of rotatable bonds is 7. The van der Waals surface area contributed by atoms with Crippen LogP contribution in [-0.2, 0) is 13.0 Å². The van der Waals surface area contributed by atoms with Crippen LogP contribution in [0.15, 0.2) is 72.8 Å². The SMILES string of the molecule is CCc1ccc(C(=O)Nc2ccc(-c3cc(C4CC4)n(C(=O)NCc4ccccc4C)n3)c(O)c2)cc1. The summed E-state index contributed by atoms with van der Waals surface area (Å²) >= 11 is 0. The summed E-state index contributed by atoms with van der Waals surface area (Å²) < 4.78 is 1.42. The van der Waals surface area contributed by atoms with Gasteiger partial charge in [0.25, 0.3) is 5.91 Å². The number of carbonyl (C=O) groups is 2. The van der Waals surface area contributed by atoms with Gasteiger partial charge in [0.15, 0.2) is 0 Å². The molecule has 0 spiro atoms. The van der Waals surface area contributed by atoms with Gasteiger partial charge in [-0.3, -0.25) is 4.79 Å². The molecule has 188 valence electrons. The number of hydrogen-bond acceptors (Lipinski definition) is 4. The Labute approximate surface area is 216 Å². The first-order chi connectivity index (χ1) is 17.9.